The molecule has 0 spiro atoms. The normalized spacial score (nSPS) is 18.6. The molecule has 1 saturated heterocycles. The van der Waals surface area contributed by atoms with E-state index in [0.717, 1.165) is 16.7 Å². The quantitative estimate of drug-likeness (QED) is 0.140. The van der Waals surface area contributed by atoms with Crippen molar-refractivity contribution in [2.45, 2.75) is 55.6 Å². The maximum atomic E-state index is 13.4. The van der Waals surface area contributed by atoms with Crippen LogP contribution in [0.3, 0.4) is 0 Å². The van der Waals surface area contributed by atoms with Gasteiger partial charge in [-0.1, -0.05) is 23.9 Å². The van der Waals surface area contributed by atoms with Crippen molar-refractivity contribution in [3.8, 4) is 5.75 Å². The fourth-order valence-corrected chi connectivity index (χ4v) is 6.52. The predicted octanol–water partition coefficient (Wildman–Crippen LogP) is 1.21. The van der Waals surface area contributed by atoms with E-state index in [4.69, 9.17) is 14.6 Å². The molecule has 0 bridgehead atoms. The van der Waals surface area contributed by atoms with Gasteiger partial charge < -0.3 is 35.4 Å². The number of nitrogens with zero attached hydrogens (tertiary/aromatic N) is 3. The van der Waals surface area contributed by atoms with Crippen molar-refractivity contribution in [3.05, 3.63) is 46.9 Å². The number of rotatable bonds is 12. The van der Waals surface area contributed by atoms with E-state index in [2.05, 4.69) is 25.8 Å². The van der Waals surface area contributed by atoms with Crippen LogP contribution in [-0.2, 0) is 35.3 Å². The minimum Gasteiger partial charge on any atom is -0.508 e. The highest BCUT2D eigenvalue weighted by atomic mass is 32.2. The van der Waals surface area contributed by atoms with Crippen molar-refractivity contribution < 1.29 is 48.8 Å². The number of β-lactam (4-membered cyclic amide) rings is 1. The highest BCUT2D eigenvalue weighted by Crippen LogP contribution is 2.41. The highest BCUT2D eigenvalue weighted by molar-refractivity contribution is 8.01. The lowest BCUT2D eigenvalue weighted by Crippen LogP contribution is -2.71. The number of alkyl carbamates (subject to hydrolysis) is 1. The first-order valence-corrected chi connectivity index (χ1v) is 15.1. The van der Waals surface area contributed by atoms with Gasteiger partial charge in [0.25, 0.3) is 5.91 Å². The predicted molar refractivity (Wildman–Crippen MR) is 154 cm³/mol. The molecule has 236 valence electrons. The number of nitrogens with one attached hydrogen (secondary N) is 3. The van der Waals surface area contributed by atoms with Crippen LogP contribution in [0.1, 0.15) is 38.2 Å². The van der Waals surface area contributed by atoms with Crippen LogP contribution in [0.4, 0.5) is 4.79 Å². The van der Waals surface area contributed by atoms with Crippen LogP contribution in [0, 0.1) is 0 Å². The maximum Gasteiger partial charge on any atom is 0.408 e. The van der Waals surface area contributed by atoms with E-state index >= 15 is 0 Å². The number of hydrogen-bond donors (Lipinski definition) is 6. The molecule has 3 amide bonds. The number of phenolic OH excluding ortho intramolecular Hbond substituents is 1. The number of aliphatic carboxylic acids is 2. The van der Waals surface area contributed by atoms with E-state index in [-0.39, 0.29) is 34.7 Å². The Morgan fingerprint density at radius 2 is 1.91 bits per heavy atom. The largest absolute Gasteiger partial charge is 0.508 e. The molecule has 1 aromatic carbocycles. The molecule has 0 aliphatic carbocycles. The number of carbonyl (C=O) groups is 5. The summed E-state index contributed by atoms with van der Waals surface area (Å²) in [5.74, 6) is -3.16. The molecule has 18 heteroatoms. The van der Waals surface area contributed by atoms with E-state index in [1.807, 2.05) is 0 Å². The van der Waals surface area contributed by atoms with Gasteiger partial charge in [0.1, 0.15) is 47.7 Å². The van der Waals surface area contributed by atoms with E-state index < -0.39 is 59.5 Å². The summed E-state index contributed by atoms with van der Waals surface area (Å²) < 4.78 is 10.2. The summed E-state index contributed by atoms with van der Waals surface area (Å²) >= 11 is 2.39. The van der Waals surface area contributed by atoms with Crippen molar-refractivity contribution in [2.75, 3.05) is 18.1 Å². The lowest BCUT2D eigenvalue weighted by Gasteiger charge is -2.49. The van der Waals surface area contributed by atoms with Gasteiger partial charge in [-0.3, -0.25) is 19.6 Å². The average molecular weight is 651 g/mol. The second-order valence-corrected chi connectivity index (χ2v) is 12.6. The summed E-state index contributed by atoms with van der Waals surface area (Å²) in [5.41, 5.74) is -0.270. The maximum absolute atomic E-state index is 13.4. The molecule has 1 fully saturated rings. The third kappa shape index (κ3) is 8.00. The average Bonchev–Trinajstić information content (AvgIpc) is 3.39. The molecule has 44 heavy (non-hydrogen) atoms. The number of thioether (sulfide) groups is 2. The number of benzene rings is 1. The van der Waals surface area contributed by atoms with Gasteiger partial charge in [0, 0.05) is 11.5 Å². The van der Waals surface area contributed by atoms with Crippen LogP contribution < -0.4 is 10.6 Å². The molecule has 6 N–H and O–H groups in total. The zero-order valence-corrected chi connectivity index (χ0v) is 25.4. The van der Waals surface area contributed by atoms with E-state index in [0.29, 0.717) is 17.0 Å². The van der Waals surface area contributed by atoms with Gasteiger partial charge in [0.2, 0.25) is 11.1 Å². The second kappa shape index (κ2) is 13.6. The van der Waals surface area contributed by atoms with Crippen molar-refractivity contribution in [1.82, 2.24) is 30.7 Å². The molecule has 3 heterocycles. The van der Waals surface area contributed by atoms with Crippen LogP contribution in [0.15, 0.2) is 40.7 Å². The zero-order valence-electron chi connectivity index (χ0n) is 23.7. The smallest absolute Gasteiger partial charge is 0.408 e. The van der Waals surface area contributed by atoms with Gasteiger partial charge in [-0.05, 0) is 44.0 Å². The first kappa shape index (κ1) is 32.6. The van der Waals surface area contributed by atoms with Crippen LogP contribution >= 0.6 is 23.5 Å². The minimum atomic E-state index is -1.31. The van der Waals surface area contributed by atoms with Gasteiger partial charge >= 0.3 is 18.0 Å². The molecule has 2 aromatic rings. The van der Waals surface area contributed by atoms with Gasteiger partial charge in [-0.2, -0.15) is 0 Å². The Labute approximate surface area is 258 Å². The number of hydrogen-bond acceptors (Lipinski definition) is 12. The number of carboxylic acids is 2. The fraction of sp³-hybridized carbons (Fsp3) is 0.423. The lowest BCUT2D eigenvalue weighted by molar-refractivity contribution is -0.151. The van der Waals surface area contributed by atoms with Crippen LogP contribution in [0.2, 0.25) is 0 Å². The standard InChI is InChI=1S/C26H30N6O10S2/c1-26(2,3)42-25(40)29-17(12-4-6-14(33)7-5-12)20(36)28-18-21(37)32-19(23(38)39)13(10-43-22(18)32)11-44-24-27-15(30-31-24)8-41-9-16(34)35/h4-7,17-18,22,33H,8-11H2,1-3H3,(H,28,36)(H,29,40)(H,34,35)(H,38,39)(H,27,30,31)/t17-,18?,22-/m1/s1. The lowest BCUT2D eigenvalue weighted by atomic mass is 10.0. The third-order valence-corrected chi connectivity index (χ3v) is 8.32. The minimum absolute atomic E-state index is 0.0520. The summed E-state index contributed by atoms with van der Waals surface area (Å²) in [6, 6.07) is 3.24. The first-order valence-electron chi connectivity index (χ1n) is 13.1. The summed E-state index contributed by atoms with van der Waals surface area (Å²) in [6.45, 7) is 4.38. The SMILES string of the molecule is CC(C)(C)OC(=O)N[C@@H](C(=O)NC1C(=O)N2C(C(=O)O)=C(CSc3n[nH]c(COCC(=O)O)n3)CS[C@H]12)c1ccc(O)cc1. The summed E-state index contributed by atoms with van der Waals surface area (Å²) in [7, 11) is 0. The Morgan fingerprint density at radius 1 is 1.20 bits per heavy atom. The number of phenols is 1. The van der Waals surface area contributed by atoms with Crippen LogP contribution in [-0.4, -0.2) is 100 Å². The monoisotopic (exact) mass is 650 g/mol. The molecule has 3 atom stereocenters. The third-order valence-electron chi connectivity index (χ3n) is 6.05. The van der Waals surface area contributed by atoms with Gasteiger partial charge in [0.05, 0.1) is 0 Å². The van der Waals surface area contributed by atoms with Crippen LogP contribution in [0.5, 0.6) is 5.75 Å². The molecule has 0 saturated carbocycles. The van der Waals surface area contributed by atoms with E-state index in [1.54, 1.807) is 20.8 Å². The van der Waals surface area contributed by atoms with Crippen molar-refractivity contribution in [2.24, 2.45) is 0 Å². The van der Waals surface area contributed by atoms with Crippen molar-refractivity contribution in [3.63, 3.8) is 0 Å². The number of aromatic nitrogens is 3. The molecular formula is C26H30N6O10S2. The number of carbonyl (C=O) groups excluding carboxylic acids is 3. The molecule has 2 aliphatic rings. The molecular weight excluding hydrogens is 620 g/mol. The number of ether oxygens (including phenoxy) is 2. The van der Waals surface area contributed by atoms with Gasteiger partial charge in [-0.15, -0.1) is 16.9 Å². The Hall–Kier alpha value is -4.29. The van der Waals surface area contributed by atoms with E-state index in [1.165, 1.54) is 36.0 Å². The zero-order chi connectivity index (χ0) is 32.2. The second-order valence-electron chi connectivity index (χ2n) is 10.6. The van der Waals surface area contributed by atoms with Crippen molar-refractivity contribution in [1.29, 1.82) is 0 Å². The number of fused-ring (bicyclic) bond motifs is 1. The Bertz CT molecular complexity index is 1470. The molecule has 0 radical (unpaired) electrons. The number of aromatic amines is 1. The van der Waals surface area contributed by atoms with Crippen LogP contribution in [0.25, 0.3) is 0 Å². The topological polar surface area (TPSA) is 233 Å². The highest BCUT2D eigenvalue weighted by Gasteiger charge is 2.54. The molecule has 4 rings (SSSR count). The molecule has 1 aromatic heterocycles. The molecule has 16 nitrogen and oxygen atoms in total. The Kier molecular flexibility index (Phi) is 10.1. The first-order chi connectivity index (χ1) is 20.7. The number of aromatic hydroxyl groups is 1. The molecule has 1 unspecified atom stereocenters. The summed E-state index contributed by atoms with van der Waals surface area (Å²) in [4.78, 5) is 67.2. The summed E-state index contributed by atoms with van der Waals surface area (Å²) in [6.07, 6.45) is -0.871. The number of carboxylic acid groups (broad SMARTS) is 2. The summed E-state index contributed by atoms with van der Waals surface area (Å²) in [5, 5.41) is 39.6. The number of H-pyrrole nitrogens is 1. The van der Waals surface area contributed by atoms with Crippen molar-refractivity contribution >= 4 is 53.4 Å². The molecule has 2 aliphatic heterocycles. The Balaban J connectivity index is 1.43. The Morgan fingerprint density at radius 3 is 2.55 bits per heavy atom. The van der Waals surface area contributed by atoms with Gasteiger partial charge in [-0.25, -0.2) is 19.4 Å². The van der Waals surface area contributed by atoms with E-state index in [9.17, 15) is 34.2 Å². The van der Waals surface area contributed by atoms with Gasteiger partial charge in [0.15, 0.2) is 5.82 Å². The fourth-order valence-electron chi connectivity index (χ4n) is 4.22. The number of amides is 3.